The van der Waals surface area contributed by atoms with Crippen molar-refractivity contribution < 1.29 is 9.53 Å². The highest BCUT2D eigenvalue weighted by molar-refractivity contribution is 5.70. The Balaban J connectivity index is 1.94. The van der Waals surface area contributed by atoms with Crippen molar-refractivity contribution in [1.29, 1.82) is 0 Å². The van der Waals surface area contributed by atoms with Crippen LogP contribution in [0.15, 0.2) is 12.5 Å². The summed E-state index contributed by atoms with van der Waals surface area (Å²) in [6.45, 7) is 2.26. The van der Waals surface area contributed by atoms with Gasteiger partial charge in [-0.1, -0.05) is 0 Å². The third kappa shape index (κ3) is 1.57. The van der Waals surface area contributed by atoms with Gasteiger partial charge in [0.25, 0.3) is 0 Å². The fourth-order valence-electron chi connectivity index (χ4n) is 2.90. The summed E-state index contributed by atoms with van der Waals surface area (Å²) >= 11 is 0. The quantitative estimate of drug-likeness (QED) is 0.740. The van der Waals surface area contributed by atoms with E-state index in [0.29, 0.717) is 6.61 Å². The largest absolute Gasteiger partial charge is 0.450 e. The van der Waals surface area contributed by atoms with E-state index in [4.69, 9.17) is 4.74 Å². The zero-order chi connectivity index (χ0) is 11.8. The fraction of sp³-hybridized carbons (Fsp3) is 0.583. The molecule has 0 aliphatic carbocycles. The number of aromatic nitrogens is 2. The second-order valence-corrected chi connectivity index (χ2v) is 4.48. The summed E-state index contributed by atoms with van der Waals surface area (Å²) in [5.74, 6) is 0. The first-order chi connectivity index (χ1) is 8.31. The molecule has 1 saturated heterocycles. The second kappa shape index (κ2) is 3.98. The highest BCUT2D eigenvalue weighted by atomic mass is 16.6. The number of amides is 1. The van der Waals surface area contributed by atoms with E-state index in [0.717, 1.165) is 30.5 Å². The molecule has 0 aromatic carbocycles. The molecule has 0 spiro atoms. The van der Waals surface area contributed by atoms with Crippen molar-refractivity contribution in [1.82, 2.24) is 14.9 Å². The molecule has 1 aromatic rings. The summed E-state index contributed by atoms with van der Waals surface area (Å²) in [5, 5.41) is 0. The van der Waals surface area contributed by atoms with Gasteiger partial charge in [-0.3, -0.25) is 4.90 Å². The second-order valence-electron chi connectivity index (χ2n) is 4.48. The summed E-state index contributed by atoms with van der Waals surface area (Å²) < 4.78 is 5.12. The van der Waals surface area contributed by atoms with Crippen LogP contribution in [0, 0.1) is 0 Å². The van der Waals surface area contributed by atoms with Gasteiger partial charge in [-0.2, -0.15) is 0 Å². The Labute approximate surface area is 99.8 Å². The Morgan fingerprint density at radius 2 is 2.47 bits per heavy atom. The van der Waals surface area contributed by atoms with Gasteiger partial charge in [0.2, 0.25) is 0 Å². The minimum Gasteiger partial charge on any atom is -0.450 e. The summed E-state index contributed by atoms with van der Waals surface area (Å²) in [5.41, 5.74) is 2.18. The van der Waals surface area contributed by atoms with Crippen LogP contribution in [0.25, 0.3) is 0 Å². The Kier molecular flexibility index (Phi) is 2.46. The SMILES string of the molecule is CCOC(=O)N1C2CCC1c1cncnc1C2. The molecule has 1 aromatic heterocycles. The molecule has 1 amide bonds. The topological polar surface area (TPSA) is 55.3 Å². The van der Waals surface area contributed by atoms with Crippen LogP contribution in [0.1, 0.15) is 37.1 Å². The Morgan fingerprint density at radius 1 is 1.59 bits per heavy atom. The van der Waals surface area contributed by atoms with Crippen LogP contribution in [-0.4, -0.2) is 33.6 Å². The van der Waals surface area contributed by atoms with Gasteiger partial charge in [0.15, 0.2) is 0 Å². The summed E-state index contributed by atoms with van der Waals surface area (Å²) in [6.07, 6.45) is 6.06. The van der Waals surface area contributed by atoms with Gasteiger partial charge in [0, 0.05) is 24.2 Å². The molecule has 3 rings (SSSR count). The van der Waals surface area contributed by atoms with Crippen LogP contribution >= 0.6 is 0 Å². The van der Waals surface area contributed by atoms with Gasteiger partial charge in [0.1, 0.15) is 6.33 Å². The minimum absolute atomic E-state index is 0.115. The molecule has 2 bridgehead atoms. The highest BCUT2D eigenvalue weighted by Crippen LogP contribution is 2.42. The lowest BCUT2D eigenvalue weighted by Gasteiger charge is -2.34. The predicted octanol–water partition coefficient (Wildman–Crippen LogP) is 1.69. The zero-order valence-corrected chi connectivity index (χ0v) is 9.80. The van der Waals surface area contributed by atoms with Gasteiger partial charge in [0.05, 0.1) is 18.3 Å². The average Bonchev–Trinajstić information content (AvgIpc) is 2.66. The molecule has 2 unspecified atom stereocenters. The van der Waals surface area contributed by atoms with E-state index in [-0.39, 0.29) is 18.2 Å². The van der Waals surface area contributed by atoms with Gasteiger partial charge in [-0.15, -0.1) is 0 Å². The first-order valence-corrected chi connectivity index (χ1v) is 6.05. The van der Waals surface area contributed by atoms with Crippen LogP contribution in [0.5, 0.6) is 0 Å². The number of carbonyl (C=O) groups is 1. The third-order valence-electron chi connectivity index (χ3n) is 3.60. The summed E-state index contributed by atoms with van der Waals surface area (Å²) in [4.78, 5) is 22.2. The normalized spacial score (nSPS) is 25.6. The van der Waals surface area contributed by atoms with Crippen LogP contribution in [0.4, 0.5) is 4.79 Å². The van der Waals surface area contributed by atoms with Gasteiger partial charge >= 0.3 is 6.09 Å². The van der Waals surface area contributed by atoms with Gasteiger partial charge < -0.3 is 4.74 Å². The van der Waals surface area contributed by atoms with E-state index in [9.17, 15) is 4.79 Å². The molecule has 5 heteroatoms. The molecule has 2 aliphatic rings. The molecule has 2 aliphatic heterocycles. The van der Waals surface area contributed by atoms with Crippen LogP contribution < -0.4 is 0 Å². The lowest BCUT2D eigenvalue weighted by Crippen LogP contribution is -2.42. The minimum atomic E-state index is -0.200. The number of rotatable bonds is 1. The number of nitrogens with zero attached hydrogens (tertiary/aromatic N) is 3. The smallest absolute Gasteiger partial charge is 0.410 e. The Hall–Kier alpha value is -1.65. The Bertz CT molecular complexity index is 449. The number of carbonyl (C=O) groups excluding carboxylic acids is 1. The number of hydrogen-bond donors (Lipinski definition) is 0. The van der Waals surface area contributed by atoms with Gasteiger partial charge in [-0.25, -0.2) is 14.8 Å². The van der Waals surface area contributed by atoms with Crippen LogP contribution in [0.2, 0.25) is 0 Å². The fourth-order valence-corrected chi connectivity index (χ4v) is 2.90. The molecule has 5 nitrogen and oxygen atoms in total. The van der Waals surface area contributed by atoms with E-state index in [1.54, 1.807) is 6.33 Å². The molecule has 17 heavy (non-hydrogen) atoms. The van der Waals surface area contributed by atoms with Crippen molar-refractivity contribution in [2.24, 2.45) is 0 Å². The summed E-state index contributed by atoms with van der Waals surface area (Å²) in [7, 11) is 0. The van der Waals surface area contributed by atoms with Crippen LogP contribution in [0.3, 0.4) is 0 Å². The predicted molar refractivity (Wildman–Crippen MR) is 60.4 cm³/mol. The third-order valence-corrected chi connectivity index (χ3v) is 3.60. The molecule has 2 atom stereocenters. The molecule has 0 N–H and O–H groups in total. The van der Waals surface area contributed by atoms with Crippen molar-refractivity contribution >= 4 is 6.09 Å². The zero-order valence-electron chi connectivity index (χ0n) is 9.80. The number of hydrogen-bond acceptors (Lipinski definition) is 4. The van der Waals surface area contributed by atoms with E-state index in [1.807, 2.05) is 18.0 Å². The molecule has 3 heterocycles. The van der Waals surface area contributed by atoms with Gasteiger partial charge in [-0.05, 0) is 19.8 Å². The molecule has 1 fully saturated rings. The van der Waals surface area contributed by atoms with Crippen molar-refractivity contribution in [2.75, 3.05) is 6.61 Å². The lowest BCUT2D eigenvalue weighted by molar-refractivity contribution is 0.0833. The summed E-state index contributed by atoms with van der Waals surface area (Å²) in [6, 6.07) is 0.366. The number of fused-ring (bicyclic) bond motifs is 4. The first kappa shape index (κ1) is 10.5. The van der Waals surface area contributed by atoms with E-state index in [2.05, 4.69) is 9.97 Å². The first-order valence-electron chi connectivity index (χ1n) is 6.05. The standard InChI is InChI=1S/C12H15N3O2/c1-2-17-12(16)15-8-3-4-11(15)9-6-13-7-14-10(9)5-8/h6-8,11H,2-5H2,1H3. The maximum atomic E-state index is 11.9. The van der Waals surface area contributed by atoms with Crippen LogP contribution in [-0.2, 0) is 11.2 Å². The lowest BCUT2D eigenvalue weighted by atomic mass is 10.00. The average molecular weight is 233 g/mol. The van der Waals surface area contributed by atoms with Crippen molar-refractivity contribution in [3.8, 4) is 0 Å². The molecule has 0 saturated carbocycles. The molecular formula is C12H15N3O2. The molecule has 90 valence electrons. The maximum absolute atomic E-state index is 11.9. The highest BCUT2D eigenvalue weighted by Gasteiger charge is 2.43. The molecular weight excluding hydrogens is 218 g/mol. The monoisotopic (exact) mass is 233 g/mol. The maximum Gasteiger partial charge on any atom is 0.410 e. The molecule has 0 radical (unpaired) electrons. The Morgan fingerprint density at radius 3 is 3.29 bits per heavy atom. The van der Waals surface area contributed by atoms with Crippen molar-refractivity contribution in [3.05, 3.63) is 23.8 Å². The van der Waals surface area contributed by atoms with Crippen molar-refractivity contribution in [2.45, 2.75) is 38.3 Å². The van der Waals surface area contributed by atoms with E-state index < -0.39 is 0 Å². The van der Waals surface area contributed by atoms with Crippen molar-refractivity contribution in [3.63, 3.8) is 0 Å². The number of ether oxygens (including phenoxy) is 1. The van der Waals surface area contributed by atoms with E-state index in [1.165, 1.54) is 0 Å². The van der Waals surface area contributed by atoms with E-state index >= 15 is 0 Å².